The molecule has 0 rings (SSSR count). The van der Waals surface area contributed by atoms with Crippen LogP contribution in [-0.2, 0) is 24.0 Å². The summed E-state index contributed by atoms with van der Waals surface area (Å²) in [6, 6.07) is -5.89. The molecule has 0 heterocycles. The van der Waals surface area contributed by atoms with E-state index in [0.717, 1.165) is 6.92 Å². The summed E-state index contributed by atoms with van der Waals surface area (Å²) >= 11 is 3.82. The van der Waals surface area contributed by atoms with E-state index in [-0.39, 0.29) is 5.75 Å². The number of aliphatic hydroxyl groups is 2. The van der Waals surface area contributed by atoms with Gasteiger partial charge in [0.1, 0.15) is 12.1 Å². The van der Waals surface area contributed by atoms with Gasteiger partial charge >= 0.3 is 5.97 Å². The van der Waals surface area contributed by atoms with E-state index in [4.69, 9.17) is 16.6 Å². The maximum atomic E-state index is 12.2. The van der Waals surface area contributed by atoms with Crippen LogP contribution in [0.4, 0.5) is 0 Å². The molecule has 0 saturated carbocycles. The van der Waals surface area contributed by atoms with Crippen molar-refractivity contribution in [3.63, 3.8) is 0 Å². The maximum absolute atomic E-state index is 12.2. The number of carboxylic acid groups (broad SMARTS) is 1. The number of carbonyl (C=O) groups excluding carboxylic acids is 4. The first-order chi connectivity index (χ1) is 12.9. The number of amides is 4. The van der Waals surface area contributed by atoms with Gasteiger partial charge in [0.15, 0.2) is 6.04 Å². The van der Waals surface area contributed by atoms with Crippen molar-refractivity contribution in [3.8, 4) is 0 Å². The van der Waals surface area contributed by atoms with Crippen molar-refractivity contribution >= 4 is 42.2 Å². The van der Waals surface area contributed by atoms with Crippen LogP contribution < -0.4 is 27.4 Å². The smallest absolute Gasteiger partial charge is 0.328 e. The molecule has 0 aromatic heterocycles. The fourth-order valence-corrected chi connectivity index (χ4v) is 2.05. The molecule has 0 radical (unpaired) electrons. The van der Waals surface area contributed by atoms with E-state index in [0.29, 0.717) is 0 Å². The van der Waals surface area contributed by atoms with E-state index in [1.54, 1.807) is 0 Å². The van der Waals surface area contributed by atoms with Gasteiger partial charge in [-0.15, -0.1) is 0 Å². The Labute approximate surface area is 165 Å². The Hall–Kier alpha value is -2.42. The van der Waals surface area contributed by atoms with Crippen molar-refractivity contribution in [2.24, 2.45) is 11.5 Å². The molecule has 5 unspecified atom stereocenters. The third-order valence-electron chi connectivity index (χ3n) is 3.43. The van der Waals surface area contributed by atoms with Crippen LogP contribution in [-0.4, -0.2) is 87.5 Å². The molecule has 0 aromatic carbocycles. The number of nitrogens with two attached hydrogens (primary N) is 2. The molecule has 0 bridgehead atoms. The molecule has 0 aliphatic heterocycles. The molecule has 4 amide bonds. The highest BCUT2D eigenvalue weighted by Crippen LogP contribution is 1.99. The van der Waals surface area contributed by atoms with Gasteiger partial charge in [-0.1, -0.05) is 0 Å². The molecule has 0 saturated heterocycles. The molecule has 0 spiro atoms. The summed E-state index contributed by atoms with van der Waals surface area (Å²) in [6.45, 7) is 0.260. The van der Waals surface area contributed by atoms with E-state index in [9.17, 15) is 34.2 Å². The lowest BCUT2D eigenvalue weighted by molar-refractivity contribution is -0.145. The molecule has 0 aliphatic carbocycles. The summed E-state index contributed by atoms with van der Waals surface area (Å²) in [5, 5.41) is 33.9. The first kappa shape index (κ1) is 25.6. The monoisotopic (exact) mass is 423 g/mol. The van der Waals surface area contributed by atoms with E-state index in [1.807, 2.05) is 5.32 Å². The normalized spacial score (nSPS) is 16.0. The fraction of sp³-hybridized carbons (Fsp3) is 0.643. The predicted molar refractivity (Wildman–Crippen MR) is 97.8 cm³/mol. The van der Waals surface area contributed by atoms with Crippen LogP contribution in [0.3, 0.4) is 0 Å². The minimum absolute atomic E-state index is 0.0335. The van der Waals surface area contributed by atoms with Gasteiger partial charge < -0.3 is 42.7 Å². The van der Waals surface area contributed by atoms with E-state index in [2.05, 4.69) is 23.3 Å². The molecular formula is C14H25N5O8S. The van der Waals surface area contributed by atoms with Crippen molar-refractivity contribution < 1.29 is 39.3 Å². The minimum atomic E-state index is -1.71. The second-order valence-electron chi connectivity index (χ2n) is 5.83. The van der Waals surface area contributed by atoms with Crippen molar-refractivity contribution in [2.75, 3.05) is 12.4 Å². The topological polar surface area (TPSA) is 234 Å². The molecule has 0 aliphatic rings. The number of rotatable bonds is 12. The molecule has 160 valence electrons. The second kappa shape index (κ2) is 12.1. The fourth-order valence-electron chi connectivity index (χ4n) is 1.88. The SMILES string of the molecule is CC(O)C(NC(=O)C(CC(N)=O)NC(=O)C(CO)NC(=O)C(N)CS)C(=O)O. The zero-order chi connectivity index (χ0) is 22.0. The average molecular weight is 423 g/mol. The Bertz CT molecular complexity index is 602. The first-order valence-corrected chi connectivity index (χ1v) is 8.65. The molecule has 14 heteroatoms. The Morgan fingerprint density at radius 1 is 1.00 bits per heavy atom. The minimum Gasteiger partial charge on any atom is -0.480 e. The van der Waals surface area contributed by atoms with E-state index >= 15 is 0 Å². The number of primary amides is 1. The summed E-state index contributed by atoms with van der Waals surface area (Å²) in [6.07, 6.45) is -2.18. The van der Waals surface area contributed by atoms with Gasteiger partial charge in [-0.25, -0.2) is 4.79 Å². The summed E-state index contributed by atoms with van der Waals surface area (Å²) in [5.41, 5.74) is 10.5. The number of carboxylic acids is 1. The third kappa shape index (κ3) is 8.51. The molecule has 10 N–H and O–H groups in total. The number of hydrogen-bond donors (Lipinski definition) is 9. The summed E-state index contributed by atoms with van der Waals surface area (Å²) in [4.78, 5) is 58.4. The van der Waals surface area contributed by atoms with Gasteiger partial charge in [0.05, 0.1) is 25.2 Å². The number of hydrogen-bond acceptors (Lipinski definition) is 9. The maximum Gasteiger partial charge on any atom is 0.328 e. The van der Waals surface area contributed by atoms with Gasteiger partial charge in [0, 0.05) is 5.75 Å². The Kier molecular flexibility index (Phi) is 11.1. The van der Waals surface area contributed by atoms with Gasteiger partial charge in [0.25, 0.3) is 0 Å². The van der Waals surface area contributed by atoms with Crippen LogP contribution in [0, 0.1) is 0 Å². The van der Waals surface area contributed by atoms with Crippen molar-refractivity contribution in [3.05, 3.63) is 0 Å². The zero-order valence-electron chi connectivity index (χ0n) is 15.0. The average Bonchev–Trinajstić information content (AvgIpc) is 2.61. The second-order valence-corrected chi connectivity index (χ2v) is 6.19. The van der Waals surface area contributed by atoms with Crippen LogP contribution in [0.2, 0.25) is 0 Å². The van der Waals surface area contributed by atoms with E-state index < -0.39 is 72.9 Å². The standard InChI is InChI=1S/C14H25N5O8S/c1-5(21)10(14(26)27)19-12(24)7(2-9(16)22)17-13(25)8(3-20)18-11(23)6(15)4-28/h5-8,10,20-21,28H,2-4,15H2,1H3,(H2,16,22)(H,17,25)(H,18,23)(H,19,24)(H,26,27). The number of carbonyl (C=O) groups is 5. The Balaban J connectivity index is 5.26. The number of aliphatic carboxylic acids is 1. The third-order valence-corrected chi connectivity index (χ3v) is 3.83. The highest BCUT2D eigenvalue weighted by Gasteiger charge is 2.32. The molecule has 0 fully saturated rings. The van der Waals surface area contributed by atoms with Gasteiger partial charge in [-0.3, -0.25) is 19.2 Å². The quantitative estimate of drug-likeness (QED) is 0.136. The molecule has 0 aromatic rings. The van der Waals surface area contributed by atoms with Crippen molar-refractivity contribution in [1.82, 2.24) is 16.0 Å². The van der Waals surface area contributed by atoms with Crippen LogP contribution in [0.25, 0.3) is 0 Å². The summed E-state index contributed by atoms with van der Waals surface area (Å²) in [5.74, 6) is -5.53. The van der Waals surface area contributed by atoms with Gasteiger partial charge in [-0.2, -0.15) is 12.6 Å². The Morgan fingerprint density at radius 3 is 1.89 bits per heavy atom. The lowest BCUT2D eigenvalue weighted by atomic mass is 10.1. The molecular weight excluding hydrogens is 398 g/mol. The van der Waals surface area contributed by atoms with Crippen LogP contribution in [0.5, 0.6) is 0 Å². The zero-order valence-corrected chi connectivity index (χ0v) is 15.9. The number of thiol groups is 1. The van der Waals surface area contributed by atoms with Crippen LogP contribution in [0.15, 0.2) is 0 Å². The number of nitrogens with one attached hydrogen (secondary N) is 3. The Morgan fingerprint density at radius 2 is 1.50 bits per heavy atom. The van der Waals surface area contributed by atoms with E-state index in [1.165, 1.54) is 0 Å². The van der Waals surface area contributed by atoms with Gasteiger partial charge in [0.2, 0.25) is 23.6 Å². The predicted octanol–water partition coefficient (Wildman–Crippen LogP) is -4.97. The summed E-state index contributed by atoms with van der Waals surface area (Å²) < 4.78 is 0. The first-order valence-electron chi connectivity index (χ1n) is 8.02. The van der Waals surface area contributed by atoms with Crippen LogP contribution >= 0.6 is 12.6 Å². The number of aliphatic hydroxyl groups excluding tert-OH is 2. The van der Waals surface area contributed by atoms with Gasteiger partial charge in [-0.05, 0) is 6.92 Å². The highest BCUT2D eigenvalue weighted by molar-refractivity contribution is 7.80. The highest BCUT2D eigenvalue weighted by atomic mass is 32.1. The summed E-state index contributed by atoms with van der Waals surface area (Å²) in [7, 11) is 0. The van der Waals surface area contributed by atoms with Crippen LogP contribution in [0.1, 0.15) is 13.3 Å². The lowest BCUT2D eigenvalue weighted by Crippen LogP contribution is -2.59. The lowest BCUT2D eigenvalue weighted by Gasteiger charge is -2.24. The molecule has 28 heavy (non-hydrogen) atoms. The largest absolute Gasteiger partial charge is 0.480 e. The van der Waals surface area contributed by atoms with Crippen molar-refractivity contribution in [2.45, 2.75) is 43.6 Å². The molecule has 5 atom stereocenters. The van der Waals surface area contributed by atoms with Crippen molar-refractivity contribution in [1.29, 1.82) is 0 Å². The molecule has 13 nitrogen and oxygen atoms in total.